The first-order chi connectivity index (χ1) is 8.55. The van der Waals surface area contributed by atoms with Gasteiger partial charge in [0.2, 0.25) is 10.0 Å². The first-order valence-corrected chi connectivity index (χ1v) is 8.50. The van der Waals surface area contributed by atoms with Gasteiger partial charge in [-0.3, -0.25) is 0 Å². The summed E-state index contributed by atoms with van der Waals surface area (Å²) in [6.45, 7) is 7.05. The number of rotatable bonds is 9. The van der Waals surface area contributed by atoms with Crippen LogP contribution in [0.5, 0.6) is 0 Å². The molecule has 0 aromatic carbocycles. The third-order valence-electron chi connectivity index (χ3n) is 3.29. The van der Waals surface area contributed by atoms with Gasteiger partial charge in [-0.05, 0) is 39.3 Å². The van der Waals surface area contributed by atoms with E-state index >= 15 is 0 Å². The van der Waals surface area contributed by atoms with Gasteiger partial charge in [-0.2, -0.15) is 0 Å². The molecule has 1 heterocycles. The minimum absolute atomic E-state index is 0.166. The van der Waals surface area contributed by atoms with E-state index in [-0.39, 0.29) is 11.9 Å². The van der Waals surface area contributed by atoms with E-state index in [1.54, 1.807) is 0 Å². The molecule has 0 radical (unpaired) electrons. The van der Waals surface area contributed by atoms with Crippen molar-refractivity contribution in [1.82, 2.24) is 10.0 Å². The highest BCUT2D eigenvalue weighted by Crippen LogP contribution is 2.19. The lowest BCUT2D eigenvalue weighted by Crippen LogP contribution is -2.34. The van der Waals surface area contributed by atoms with Crippen LogP contribution < -0.4 is 10.0 Å². The fraction of sp³-hybridized carbons (Fsp3) is 1.00. The quantitative estimate of drug-likeness (QED) is 0.610. The molecular weight excluding hydrogens is 252 g/mol. The smallest absolute Gasteiger partial charge is 0.211 e. The molecule has 2 unspecified atom stereocenters. The molecule has 0 bridgehead atoms. The van der Waals surface area contributed by atoms with Crippen molar-refractivity contribution in [3.05, 3.63) is 0 Å². The number of hydrogen-bond donors (Lipinski definition) is 2. The number of hydrogen-bond acceptors (Lipinski definition) is 4. The molecule has 1 aliphatic heterocycles. The zero-order valence-electron chi connectivity index (χ0n) is 11.4. The van der Waals surface area contributed by atoms with E-state index < -0.39 is 10.0 Å². The third-order valence-corrected chi connectivity index (χ3v) is 4.72. The van der Waals surface area contributed by atoms with E-state index in [9.17, 15) is 8.42 Å². The Morgan fingerprint density at radius 2 is 2.11 bits per heavy atom. The maximum atomic E-state index is 11.7. The van der Waals surface area contributed by atoms with Crippen LogP contribution in [0.3, 0.4) is 0 Å². The summed E-state index contributed by atoms with van der Waals surface area (Å²) < 4.78 is 31.6. The highest BCUT2D eigenvalue weighted by Gasteiger charge is 2.25. The maximum Gasteiger partial charge on any atom is 0.211 e. The van der Waals surface area contributed by atoms with Crippen LogP contribution in [0.15, 0.2) is 0 Å². The van der Waals surface area contributed by atoms with Crippen molar-refractivity contribution in [2.75, 3.05) is 32.0 Å². The molecule has 1 rings (SSSR count). The van der Waals surface area contributed by atoms with Gasteiger partial charge in [-0.1, -0.05) is 6.92 Å². The van der Waals surface area contributed by atoms with Crippen LogP contribution in [-0.2, 0) is 14.8 Å². The van der Waals surface area contributed by atoms with E-state index in [4.69, 9.17) is 4.74 Å². The topological polar surface area (TPSA) is 67.4 Å². The molecule has 1 saturated heterocycles. The lowest BCUT2D eigenvalue weighted by atomic mass is 10.0. The van der Waals surface area contributed by atoms with E-state index in [2.05, 4.69) is 17.0 Å². The summed E-state index contributed by atoms with van der Waals surface area (Å²) in [5, 5.41) is 3.20. The van der Waals surface area contributed by atoms with Crippen molar-refractivity contribution in [3.63, 3.8) is 0 Å². The van der Waals surface area contributed by atoms with E-state index in [1.165, 1.54) is 0 Å². The second-order valence-electron chi connectivity index (χ2n) is 4.90. The van der Waals surface area contributed by atoms with Gasteiger partial charge in [0.15, 0.2) is 0 Å². The molecule has 108 valence electrons. The molecule has 1 aliphatic rings. The van der Waals surface area contributed by atoms with Gasteiger partial charge in [0, 0.05) is 19.1 Å². The van der Waals surface area contributed by atoms with Gasteiger partial charge in [-0.15, -0.1) is 0 Å². The predicted octanol–water partition coefficient (Wildman–Crippen LogP) is 0.721. The van der Waals surface area contributed by atoms with Crippen molar-refractivity contribution >= 4 is 10.0 Å². The van der Waals surface area contributed by atoms with Crippen LogP contribution in [0, 0.1) is 5.92 Å². The second-order valence-corrected chi connectivity index (χ2v) is 6.82. The van der Waals surface area contributed by atoms with Crippen LogP contribution in [0.4, 0.5) is 0 Å². The van der Waals surface area contributed by atoms with Gasteiger partial charge < -0.3 is 10.1 Å². The van der Waals surface area contributed by atoms with Crippen LogP contribution in [-0.4, -0.2) is 46.5 Å². The number of sulfonamides is 1. The zero-order chi connectivity index (χ0) is 13.4. The van der Waals surface area contributed by atoms with Crippen molar-refractivity contribution in [2.45, 2.75) is 39.2 Å². The summed E-state index contributed by atoms with van der Waals surface area (Å²) in [5.74, 6) is 0.518. The Bertz CT molecular complexity index is 319. The number of nitrogens with one attached hydrogen (secondary N) is 2. The molecule has 18 heavy (non-hydrogen) atoms. The summed E-state index contributed by atoms with van der Waals surface area (Å²) >= 11 is 0. The van der Waals surface area contributed by atoms with Gasteiger partial charge >= 0.3 is 0 Å². The lowest BCUT2D eigenvalue weighted by Gasteiger charge is -2.14. The normalized spacial score (nSPS) is 24.6. The molecule has 0 saturated carbocycles. The summed E-state index contributed by atoms with van der Waals surface area (Å²) in [5.41, 5.74) is 0. The highest BCUT2D eigenvalue weighted by molar-refractivity contribution is 7.89. The van der Waals surface area contributed by atoms with E-state index in [0.29, 0.717) is 18.9 Å². The molecule has 0 aliphatic carbocycles. The largest absolute Gasteiger partial charge is 0.378 e. The van der Waals surface area contributed by atoms with E-state index in [1.807, 2.05) is 6.92 Å². The van der Waals surface area contributed by atoms with Gasteiger partial charge in [0.25, 0.3) is 0 Å². The number of ether oxygens (including phenoxy) is 1. The molecule has 0 aromatic heterocycles. The fourth-order valence-corrected chi connectivity index (χ4v) is 3.18. The first-order valence-electron chi connectivity index (χ1n) is 6.85. The van der Waals surface area contributed by atoms with Crippen LogP contribution in [0.25, 0.3) is 0 Å². The summed E-state index contributed by atoms with van der Waals surface area (Å²) in [4.78, 5) is 0. The molecule has 6 heteroatoms. The molecule has 0 aromatic rings. The Kier molecular flexibility index (Phi) is 7.14. The Morgan fingerprint density at radius 1 is 1.33 bits per heavy atom. The molecule has 0 amide bonds. The Labute approximate surface area is 111 Å². The zero-order valence-corrected chi connectivity index (χ0v) is 12.3. The molecule has 2 atom stereocenters. The molecule has 1 fully saturated rings. The van der Waals surface area contributed by atoms with Gasteiger partial charge in [0.1, 0.15) is 0 Å². The van der Waals surface area contributed by atoms with Crippen LogP contribution in [0.1, 0.15) is 33.1 Å². The highest BCUT2D eigenvalue weighted by atomic mass is 32.2. The van der Waals surface area contributed by atoms with Crippen molar-refractivity contribution in [1.29, 1.82) is 0 Å². The fourth-order valence-electron chi connectivity index (χ4n) is 2.04. The molecular formula is C12H26N2O3S. The van der Waals surface area contributed by atoms with Crippen LogP contribution in [0.2, 0.25) is 0 Å². The lowest BCUT2D eigenvalue weighted by molar-refractivity contribution is 0.107. The van der Waals surface area contributed by atoms with Crippen molar-refractivity contribution in [3.8, 4) is 0 Å². The first kappa shape index (κ1) is 15.9. The Hall–Kier alpha value is -0.170. The molecule has 0 spiro atoms. The van der Waals surface area contributed by atoms with Crippen molar-refractivity contribution in [2.24, 2.45) is 5.92 Å². The summed E-state index contributed by atoms with van der Waals surface area (Å²) in [7, 11) is -3.13. The Balaban J connectivity index is 2.15. The second kappa shape index (κ2) is 8.09. The minimum Gasteiger partial charge on any atom is -0.378 e. The predicted molar refractivity (Wildman–Crippen MR) is 73.1 cm³/mol. The van der Waals surface area contributed by atoms with Crippen molar-refractivity contribution < 1.29 is 13.2 Å². The van der Waals surface area contributed by atoms with Gasteiger partial charge in [-0.25, -0.2) is 13.1 Å². The monoisotopic (exact) mass is 278 g/mol. The average Bonchev–Trinajstić information content (AvgIpc) is 2.72. The standard InChI is InChI=1S/C12H26N2O3S/c1-3-6-13-7-4-9-18(15,16)14-10-12-5-8-17-11(12)2/h11-14H,3-10H2,1-2H3. The third kappa shape index (κ3) is 6.13. The van der Waals surface area contributed by atoms with Gasteiger partial charge in [0.05, 0.1) is 11.9 Å². The summed E-state index contributed by atoms with van der Waals surface area (Å²) in [6.07, 6.45) is 2.84. The molecule has 5 nitrogen and oxygen atoms in total. The average molecular weight is 278 g/mol. The molecule has 2 N–H and O–H groups in total. The van der Waals surface area contributed by atoms with E-state index in [0.717, 1.165) is 32.5 Å². The minimum atomic E-state index is -3.13. The SMILES string of the molecule is CCCNCCCS(=O)(=O)NCC1CCOC1C. The van der Waals surface area contributed by atoms with Crippen LogP contribution >= 0.6 is 0 Å². The Morgan fingerprint density at radius 3 is 2.72 bits per heavy atom. The maximum absolute atomic E-state index is 11.7. The summed E-state index contributed by atoms with van der Waals surface area (Å²) in [6, 6.07) is 0.